The Morgan fingerprint density at radius 1 is 0.943 bits per heavy atom. The van der Waals surface area contributed by atoms with Crippen molar-refractivity contribution in [3.8, 4) is 6.07 Å². The van der Waals surface area contributed by atoms with Crippen LogP contribution in [-0.4, -0.2) is 31.7 Å². The van der Waals surface area contributed by atoms with Crippen molar-refractivity contribution in [3.63, 3.8) is 0 Å². The molecule has 1 N–H and O–H groups in total. The molecule has 1 unspecified atom stereocenters. The molecule has 3 aromatic rings. The number of piperidine rings is 1. The van der Waals surface area contributed by atoms with E-state index in [0.717, 1.165) is 18.4 Å². The van der Waals surface area contributed by atoms with Crippen LogP contribution in [-0.2, 0) is 21.2 Å². The molecule has 0 aliphatic carbocycles. The minimum atomic E-state index is -3.78. The number of aryl methyl sites for hydroxylation is 1. The van der Waals surface area contributed by atoms with Crippen LogP contribution in [0.25, 0.3) is 0 Å². The highest BCUT2D eigenvalue weighted by atomic mass is 32.2. The second-order valence-electron chi connectivity index (χ2n) is 8.78. The molecule has 180 valence electrons. The van der Waals surface area contributed by atoms with Crippen molar-refractivity contribution >= 4 is 15.9 Å². The molecule has 0 spiro atoms. The van der Waals surface area contributed by atoms with E-state index in [9.17, 15) is 18.5 Å². The number of carbonyl (C=O) groups excluding carboxylic acids is 1. The third-order valence-electron chi connectivity index (χ3n) is 6.53. The van der Waals surface area contributed by atoms with E-state index in [1.807, 2.05) is 54.6 Å². The molecule has 0 radical (unpaired) electrons. The normalized spacial score (nSPS) is 15.7. The summed E-state index contributed by atoms with van der Waals surface area (Å²) in [7, 11) is -3.78. The Balaban J connectivity index is 1.40. The number of nitriles is 1. The van der Waals surface area contributed by atoms with Crippen molar-refractivity contribution in [1.29, 1.82) is 5.26 Å². The molecule has 35 heavy (non-hydrogen) atoms. The summed E-state index contributed by atoms with van der Waals surface area (Å²) in [6, 6.07) is 28.2. The number of amides is 1. The van der Waals surface area contributed by atoms with Gasteiger partial charge in [0.25, 0.3) is 0 Å². The van der Waals surface area contributed by atoms with Gasteiger partial charge in [0.15, 0.2) is 0 Å². The van der Waals surface area contributed by atoms with E-state index in [1.165, 1.54) is 22.0 Å². The fourth-order valence-electron chi connectivity index (χ4n) is 4.53. The molecular formula is C28H29N3O3S. The molecule has 1 amide bonds. The van der Waals surface area contributed by atoms with Crippen LogP contribution >= 0.6 is 0 Å². The standard InChI is InChI=1S/C28H29N3O3S/c29-21-25-13-7-8-14-27(25)35(33,34)31-19-17-24(18-20-31)28(32)30-26(23-11-5-2-6-12-23)16-15-22-9-3-1-4-10-22/h1-14,24,26H,15-20H2,(H,30,32). The second kappa shape index (κ2) is 11.3. The van der Waals surface area contributed by atoms with E-state index in [2.05, 4.69) is 17.4 Å². The van der Waals surface area contributed by atoms with E-state index in [1.54, 1.807) is 12.1 Å². The fraction of sp³-hybridized carbons (Fsp3) is 0.286. The monoisotopic (exact) mass is 487 g/mol. The van der Waals surface area contributed by atoms with Gasteiger partial charge in [0.05, 0.1) is 16.5 Å². The Morgan fingerprint density at radius 3 is 2.20 bits per heavy atom. The van der Waals surface area contributed by atoms with Crippen LogP contribution in [0.5, 0.6) is 0 Å². The van der Waals surface area contributed by atoms with Crippen LogP contribution in [0.4, 0.5) is 0 Å². The molecule has 0 aromatic heterocycles. The number of hydrogen-bond donors (Lipinski definition) is 1. The van der Waals surface area contributed by atoms with Crippen LogP contribution in [0.1, 0.15) is 42.0 Å². The van der Waals surface area contributed by atoms with Crippen LogP contribution < -0.4 is 5.32 Å². The van der Waals surface area contributed by atoms with E-state index >= 15 is 0 Å². The summed E-state index contributed by atoms with van der Waals surface area (Å²) in [6.45, 7) is 0.500. The Labute approximate surface area is 207 Å². The van der Waals surface area contributed by atoms with Gasteiger partial charge in [-0.05, 0) is 48.9 Å². The highest BCUT2D eigenvalue weighted by Crippen LogP contribution is 2.27. The van der Waals surface area contributed by atoms with Crippen molar-refractivity contribution < 1.29 is 13.2 Å². The first-order chi connectivity index (χ1) is 17.0. The largest absolute Gasteiger partial charge is 0.349 e. The Bertz CT molecular complexity index is 1280. The van der Waals surface area contributed by atoms with Crippen LogP contribution in [0.3, 0.4) is 0 Å². The lowest BCUT2D eigenvalue weighted by molar-refractivity contribution is -0.127. The summed E-state index contributed by atoms with van der Waals surface area (Å²) in [5, 5.41) is 12.5. The van der Waals surface area contributed by atoms with Crippen molar-refractivity contribution in [2.75, 3.05) is 13.1 Å². The number of nitrogens with zero attached hydrogens (tertiary/aromatic N) is 2. The van der Waals surface area contributed by atoms with Crippen molar-refractivity contribution in [3.05, 3.63) is 102 Å². The third-order valence-corrected chi connectivity index (χ3v) is 8.49. The Morgan fingerprint density at radius 2 is 1.54 bits per heavy atom. The number of rotatable bonds is 8. The molecular weight excluding hydrogens is 458 g/mol. The SMILES string of the molecule is N#Cc1ccccc1S(=O)(=O)N1CCC(C(=O)NC(CCc2ccccc2)c2ccccc2)CC1. The lowest BCUT2D eigenvalue weighted by Gasteiger charge is -2.31. The van der Waals surface area contributed by atoms with Gasteiger partial charge < -0.3 is 5.32 Å². The van der Waals surface area contributed by atoms with Crippen LogP contribution in [0.2, 0.25) is 0 Å². The zero-order valence-corrected chi connectivity index (χ0v) is 20.3. The molecule has 1 saturated heterocycles. The van der Waals surface area contributed by atoms with Gasteiger partial charge in [-0.25, -0.2) is 8.42 Å². The summed E-state index contributed by atoms with van der Waals surface area (Å²) >= 11 is 0. The fourth-order valence-corrected chi connectivity index (χ4v) is 6.15. The first kappa shape index (κ1) is 24.6. The molecule has 6 nitrogen and oxygen atoms in total. The molecule has 0 bridgehead atoms. The first-order valence-corrected chi connectivity index (χ1v) is 13.3. The average Bonchev–Trinajstić information content (AvgIpc) is 2.92. The second-order valence-corrected chi connectivity index (χ2v) is 10.7. The lowest BCUT2D eigenvalue weighted by Crippen LogP contribution is -2.43. The molecule has 0 saturated carbocycles. The maximum absolute atomic E-state index is 13.2. The van der Waals surface area contributed by atoms with E-state index < -0.39 is 10.0 Å². The van der Waals surface area contributed by atoms with Gasteiger partial charge in [-0.15, -0.1) is 0 Å². The number of nitrogens with one attached hydrogen (secondary N) is 1. The van der Waals surface area contributed by atoms with Gasteiger partial charge in [-0.3, -0.25) is 4.79 Å². The van der Waals surface area contributed by atoms with E-state index in [0.29, 0.717) is 12.8 Å². The molecule has 1 heterocycles. The quantitative estimate of drug-likeness (QED) is 0.508. The molecule has 4 rings (SSSR count). The van der Waals surface area contributed by atoms with Gasteiger partial charge in [-0.2, -0.15) is 9.57 Å². The Hall–Kier alpha value is -3.47. The summed E-state index contributed by atoms with van der Waals surface area (Å²) in [4.78, 5) is 13.2. The molecule has 1 aliphatic heterocycles. The number of benzene rings is 3. The van der Waals surface area contributed by atoms with E-state index in [-0.39, 0.29) is 41.4 Å². The zero-order chi connectivity index (χ0) is 24.7. The molecule has 1 fully saturated rings. The average molecular weight is 488 g/mol. The molecule has 1 atom stereocenters. The number of sulfonamides is 1. The van der Waals surface area contributed by atoms with E-state index in [4.69, 9.17) is 0 Å². The zero-order valence-electron chi connectivity index (χ0n) is 19.5. The van der Waals surface area contributed by atoms with Gasteiger partial charge in [0.1, 0.15) is 6.07 Å². The minimum Gasteiger partial charge on any atom is -0.349 e. The highest BCUT2D eigenvalue weighted by Gasteiger charge is 2.33. The third kappa shape index (κ3) is 5.97. The Kier molecular flexibility index (Phi) is 7.96. The van der Waals surface area contributed by atoms with Gasteiger partial charge in [0.2, 0.25) is 15.9 Å². The number of hydrogen-bond acceptors (Lipinski definition) is 4. The van der Waals surface area contributed by atoms with Crippen LogP contribution in [0.15, 0.2) is 89.8 Å². The van der Waals surface area contributed by atoms with Gasteiger partial charge in [0, 0.05) is 19.0 Å². The topological polar surface area (TPSA) is 90.3 Å². The summed E-state index contributed by atoms with van der Waals surface area (Å²) in [5.74, 6) is -0.294. The van der Waals surface area contributed by atoms with Crippen molar-refractivity contribution in [2.24, 2.45) is 5.92 Å². The molecule has 3 aromatic carbocycles. The van der Waals surface area contributed by atoms with Gasteiger partial charge >= 0.3 is 0 Å². The van der Waals surface area contributed by atoms with Crippen molar-refractivity contribution in [2.45, 2.75) is 36.6 Å². The summed E-state index contributed by atoms with van der Waals surface area (Å²) in [5.41, 5.74) is 2.42. The highest BCUT2D eigenvalue weighted by molar-refractivity contribution is 7.89. The number of carbonyl (C=O) groups is 1. The van der Waals surface area contributed by atoms with Gasteiger partial charge in [-0.1, -0.05) is 72.8 Å². The lowest BCUT2D eigenvalue weighted by atomic mass is 9.94. The summed E-state index contributed by atoms with van der Waals surface area (Å²) < 4.78 is 27.6. The van der Waals surface area contributed by atoms with Crippen LogP contribution in [0, 0.1) is 17.2 Å². The maximum atomic E-state index is 13.2. The minimum absolute atomic E-state index is 0.0236. The maximum Gasteiger partial charge on any atom is 0.244 e. The van der Waals surface area contributed by atoms with Crippen molar-refractivity contribution in [1.82, 2.24) is 9.62 Å². The predicted octanol–water partition coefficient (Wildman–Crippen LogP) is 4.45. The predicted molar refractivity (Wildman–Crippen MR) is 135 cm³/mol. The summed E-state index contributed by atoms with van der Waals surface area (Å²) in [6.07, 6.45) is 2.51. The molecule has 7 heteroatoms. The molecule has 1 aliphatic rings. The first-order valence-electron chi connectivity index (χ1n) is 11.9. The smallest absolute Gasteiger partial charge is 0.244 e.